The Morgan fingerprint density at radius 2 is 1.92 bits per heavy atom. The molecule has 2 aromatic carbocycles. The Kier molecular flexibility index (Phi) is 6.21. The van der Waals surface area contributed by atoms with Gasteiger partial charge >= 0.3 is 0 Å². The molecule has 3 N–H and O–H groups in total. The molecule has 5 aromatic rings. The Balaban J connectivity index is 1.51. The number of benzene rings is 2. The molecule has 3 aromatic heterocycles. The van der Waals surface area contributed by atoms with Crippen molar-refractivity contribution in [2.75, 3.05) is 24.7 Å². The maximum atomic E-state index is 12.1. The van der Waals surface area contributed by atoms with E-state index in [0.717, 1.165) is 52.9 Å². The Labute approximate surface area is 222 Å². The Hall–Kier alpha value is -4.02. The summed E-state index contributed by atoms with van der Waals surface area (Å²) in [5.41, 5.74) is 10.9. The zero-order valence-corrected chi connectivity index (χ0v) is 22.1. The van der Waals surface area contributed by atoms with E-state index in [0.29, 0.717) is 23.9 Å². The van der Waals surface area contributed by atoms with Gasteiger partial charge in [-0.15, -0.1) is 5.10 Å². The van der Waals surface area contributed by atoms with E-state index in [-0.39, 0.29) is 5.92 Å². The lowest BCUT2D eigenvalue weighted by atomic mass is 10.1. The number of nitrogens with one attached hydrogen (secondary N) is 1. The summed E-state index contributed by atoms with van der Waals surface area (Å²) in [5.74, 6) is 0.941. The number of fused-ring (bicyclic) bond motifs is 2. The third kappa shape index (κ3) is 4.25. The van der Waals surface area contributed by atoms with Gasteiger partial charge < -0.3 is 11.1 Å². The van der Waals surface area contributed by atoms with Crippen LogP contribution in [0.1, 0.15) is 39.6 Å². The minimum Gasteiger partial charge on any atom is -0.366 e. The van der Waals surface area contributed by atoms with Crippen LogP contribution < -0.4 is 11.1 Å². The number of hydrogen-bond acceptors (Lipinski definition) is 5. The minimum absolute atomic E-state index is 0.204. The van der Waals surface area contributed by atoms with Gasteiger partial charge in [-0.1, -0.05) is 36.4 Å². The van der Waals surface area contributed by atoms with E-state index in [1.165, 1.54) is 0 Å². The summed E-state index contributed by atoms with van der Waals surface area (Å²) in [5, 5.41) is 9.30. The fourth-order valence-electron chi connectivity index (χ4n) is 5.37. The molecule has 0 spiro atoms. The standard InChI is InChI=1S/C28H29N7O2S/c1-18-15-22-21(26(29)36)9-6-10-24(22)34(18)28-31-27(30-16-19-7-4-3-5-8-19)25-12-11-23(35(25)32-28)20-13-14-33(17-20)38(2)37/h3-12,15,20H,13-14,16-17H2,1-2H3,(H2,29,36)(H,30,31,32)/t20-,38?/m0/s1. The van der Waals surface area contributed by atoms with Gasteiger partial charge in [-0.25, -0.2) is 13.0 Å². The molecule has 0 aliphatic carbocycles. The molecule has 1 fully saturated rings. The van der Waals surface area contributed by atoms with Crippen LogP contribution in [0, 0.1) is 6.92 Å². The maximum Gasteiger partial charge on any atom is 0.254 e. The molecule has 194 valence electrons. The van der Waals surface area contributed by atoms with Crippen LogP contribution in [0.2, 0.25) is 0 Å². The van der Waals surface area contributed by atoms with Crippen molar-refractivity contribution in [1.82, 2.24) is 23.5 Å². The van der Waals surface area contributed by atoms with Crippen molar-refractivity contribution in [1.29, 1.82) is 0 Å². The molecule has 10 heteroatoms. The zero-order valence-electron chi connectivity index (χ0n) is 21.3. The lowest BCUT2D eigenvalue weighted by Crippen LogP contribution is -2.22. The van der Waals surface area contributed by atoms with Crippen LogP contribution in [0.5, 0.6) is 0 Å². The maximum absolute atomic E-state index is 12.1. The second-order valence-electron chi connectivity index (χ2n) is 9.68. The Morgan fingerprint density at radius 1 is 1.11 bits per heavy atom. The van der Waals surface area contributed by atoms with E-state index in [2.05, 4.69) is 23.5 Å². The van der Waals surface area contributed by atoms with Gasteiger partial charge in [0, 0.05) is 54.1 Å². The van der Waals surface area contributed by atoms with Gasteiger partial charge in [0.1, 0.15) is 5.52 Å². The summed E-state index contributed by atoms with van der Waals surface area (Å²) in [6.07, 6.45) is 2.63. The highest BCUT2D eigenvalue weighted by Crippen LogP contribution is 2.32. The molecular weight excluding hydrogens is 498 g/mol. The molecule has 0 saturated carbocycles. The van der Waals surface area contributed by atoms with Crippen molar-refractivity contribution in [3.05, 3.63) is 89.2 Å². The van der Waals surface area contributed by atoms with Gasteiger partial charge in [0.2, 0.25) is 5.91 Å². The Bertz CT molecular complexity index is 1690. The van der Waals surface area contributed by atoms with E-state index in [4.69, 9.17) is 15.8 Å². The monoisotopic (exact) mass is 527 g/mol. The highest BCUT2D eigenvalue weighted by molar-refractivity contribution is 7.81. The van der Waals surface area contributed by atoms with Gasteiger partial charge in [-0.05, 0) is 49.2 Å². The van der Waals surface area contributed by atoms with Crippen LogP contribution in [0.3, 0.4) is 0 Å². The number of aryl methyl sites for hydroxylation is 1. The van der Waals surface area contributed by atoms with Crippen molar-refractivity contribution in [3.8, 4) is 5.95 Å². The molecule has 4 heterocycles. The minimum atomic E-state index is -1.00. The largest absolute Gasteiger partial charge is 0.366 e. The smallest absolute Gasteiger partial charge is 0.254 e. The summed E-state index contributed by atoms with van der Waals surface area (Å²) < 4.78 is 18.0. The van der Waals surface area contributed by atoms with Crippen molar-refractivity contribution in [3.63, 3.8) is 0 Å². The number of primary amides is 1. The first-order chi connectivity index (χ1) is 18.4. The van der Waals surface area contributed by atoms with Gasteiger partial charge in [-0.3, -0.25) is 9.36 Å². The average molecular weight is 528 g/mol. The van der Waals surface area contributed by atoms with Gasteiger partial charge in [0.25, 0.3) is 5.95 Å². The fourth-order valence-corrected chi connectivity index (χ4v) is 6.12. The molecule has 0 bridgehead atoms. The molecule has 1 aliphatic rings. The average Bonchev–Trinajstić information content (AvgIpc) is 3.63. The lowest BCUT2D eigenvalue weighted by molar-refractivity contribution is 0.100. The molecule has 1 aliphatic heterocycles. The third-order valence-electron chi connectivity index (χ3n) is 7.26. The number of nitrogens with two attached hydrogens (primary N) is 1. The van der Waals surface area contributed by atoms with E-state index in [1.54, 1.807) is 12.3 Å². The summed E-state index contributed by atoms with van der Waals surface area (Å²) >= 11 is 0. The van der Waals surface area contributed by atoms with E-state index >= 15 is 0 Å². The number of aromatic nitrogens is 4. The molecular formula is C28H29N7O2S. The molecule has 9 nitrogen and oxygen atoms in total. The normalized spacial score (nSPS) is 16.8. The molecule has 6 rings (SSSR count). The second-order valence-corrected chi connectivity index (χ2v) is 11.0. The molecule has 1 amide bonds. The third-order valence-corrected chi connectivity index (χ3v) is 8.32. The predicted octanol–water partition coefficient (Wildman–Crippen LogP) is 3.78. The first-order valence-electron chi connectivity index (χ1n) is 12.6. The SMILES string of the molecule is Cc1cc2c(C(N)=O)cccc2n1-c1nc(NCc2ccccc2)c2ccc([C@H]3CCN(S(C)=O)C3)n2n1. The highest BCUT2D eigenvalue weighted by atomic mass is 32.2. The van der Waals surface area contributed by atoms with Gasteiger partial charge in [0.15, 0.2) is 5.82 Å². The fraction of sp³-hybridized carbons (Fsp3) is 0.250. The quantitative estimate of drug-likeness (QED) is 0.335. The van der Waals surface area contributed by atoms with Crippen LogP contribution in [0.4, 0.5) is 5.82 Å². The highest BCUT2D eigenvalue weighted by Gasteiger charge is 2.29. The van der Waals surface area contributed by atoms with Crippen molar-refractivity contribution >= 4 is 39.1 Å². The van der Waals surface area contributed by atoms with Crippen molar-refractivity contribution < 1.29 is 9.00 Å². The van der Waals surface area contributed by atoms with E-state index in [9.17, 15) is 9.00 Å². The summed E-state index contributed by atoms with van der Waals surface area (Å²) in [4.78, 5) is 17.1. The topological polar surface area (TPSA) is 111 Å². The molecule has 38 heavy (non-hydrogen) atoms. The second kappa shape index (κ2) is 9.70. The van der Waals surface area contributed by atoms with Crippen LogP contribution in [-0.4, -0.2) is 52.9 Å². The number of amides is 1. The first-order valence-corrected chi connectivity index (χ1v) is 14.1. The van der Waals surface area contributed by atoms with Gasteiger partial charge in [-0.2, -0.15) is 4.98 Å². The number of rotatable bonds is 7. The summed E-state index contributed by atoms with van der Waals surface area (Å²) in [6, 6.07) is 21.8. The zero-order chi connectivity index (χ0) is 26.4. The van der Waals surface area contributed by atoms with E-state index in [1.807, 2.05) is 62.8 Å². The number of nitrogens with zero attached hydrogens (tertiary/aromatic N) is 5. The molecule has 0 radical (unpaired) electrons. The molecule has 2 atom stereocenters. The number of carbonyl (C=O) groups is 1. The molecule has 1 saturated heterocycles. The first kappa shape index (κ1) is 24.3. The number of carbonyl (C=O) groups excluding carboxylic acids is 1. The van der Waals surface area contributed by atoms with Crippen molar-refractivity contribution in [2.45, 2.75) is 25.8 Å². The van der Waals surface area contributed by atoms with Crippen LogP contribution in [0.15, 0.2) is 66.7 Å². The van der Waals surface area contributed by atoms with E-state index < -0.39 is 16.9 Å². The van der Waals surface area contributed by atoms with Crippen LogP contribution in [0.25, 0.3) is 22.4 Å². The summed E-state index contributed by atoms with van der Waals surface area (Å²) in [6.45, 7) is 4.08. The van der Waals surface area contributed by atoms with Gasteiger partial charge in [0.05, 0.1) is 16.5 Å². The number of anilines is 1. The number of hydrogen-bond donors (Lipinski definition) is 2. The van der Waals surface area contributed by atoms with Crippen LogP contribution in [-0.2, 0) is 17.5 Å². The van der Waals surface area contributed by atoms with Crippen LogP contribution >= 0.6 is 0 Å². The summed E-state index contributed by atoms with van der Waals surface area (Å²) in [7, 11) is -1.00. The molecule has 1 unspecified atom stereocenters. The predicted molar refractivity (Wildman–Crippen MR) is 150 cm³/mol. The Morgan fingerprint density at radius 3 is 2.66 bits per heavy atom. The lowest BCUT2D eigenvalue weighted by Gasteiger charge is -2.15. The van der Waals surface area contributed by atoms with Crippen molar-refractivity contribution in [2.24, 2.45) is 5.73 Å².